The molecule has 2 rings (SSSR count). The highest BCUT2D eigenvalue weighted by Crippen LogP contribution is 2.27. The number of nitrogens with zero attached hydrogens (tertiary/aromatic N) is 1. The van der Waals surface area contributed by atoms with Gasteiger partial charge in [0, 0.05) is 35.8 Å². The number of amides is 1. The molecule has 0 aromatic heterocycles. The summed E-state index contributed by atoms with van der Waals surface area (Å²) < 4.78 is 30.6. The highest BCUT2D eigenvalue weighted by Gasteiger charge is 2.18. The maximum Gasteiger partial charge on any atom is 0.232 e. The van der Waals surface area contributed by atoms with Crippen LogP contribution in [0.1, 0.15) is 18.4 Å². The van der Waals surface area contributed by atoms with Crippen molar-refractivity contribution in [3.05, 3.63) is 58.1 Å². The van der Waals surface area contributed by atoms with Gasteiger partial charge in [-0.25, -0.2) is 8.42 Å². The van der Waals surface area contributed by atoms with Gasteiger partial charge in [-0.1, -0.05) is 35.3 Å². The molecule has 28 heavy (non-hydrogen) atoms. The number of rotatable bonds is 9. The molecule has 0 aliphatic carbocycles. The van der Waals surface area contributed by atoms with Crippen molar-refractivity contribution in [3.63, 3.8) is 0 Å². The van der Waals surface area contributed by atoms with Crippen LogP contribution in [0, 0.1) is 0 Å². The largest absolute Gasteiger partial charge is 0.380 e. The molecule has 6 nitrogen and oxygen atoms in total. The van der Waals surface area contributed by atoms with E-state index in [0.29, 0.717) is 34.4 Å². The minimum atomic E-state index is -3.55. The first-order valence-electron chi connectivity index (χ1n) is 8.50. The average molecular weight is 445 g/mol. The normalized spacial score (nSPS) is 11.3. The quantitative estimate of drug-likeness (QED) is 0.624. The Morgan fingerprint density at radius 2 is 1.82 bits per heavy atom. The third-order valence-electron chi connectivity index (χ3n) is 3.82. The summed E-state index contributed by atoms with van der Waals surface area (Å²) in [6.07, 6.45) is 1.60. The maximum absolute atomic E-state index is 12.2. The molecule has 152 valence electrons. The molecule has 0 saturated heterocycles. The number of methoxy groups -OCH3 is 1. The summed E-state index contributed by atoms with van der Waals surface area (Å²) in [4.78, 5) is 12.2. The number of ether oxygens (including phenoxy) is 1. The van der Waals surface area contributed by atoms with Crippen LogP contribution < -0.4 is 9.62 Å². The SMILES string of the molecule is COCc1cccc(NC(=O)CCCN(c2cc(Cl)cc(Cl)c2)S(C)(=O)=O)c1. The van der Waals surface area contributed by atoms with Crippen molar-refractivity contribution < 1.29 is 17.9 Å². The Balaban J connectivity index is 1.98. The Bertz CT molecular complexity index is 915. The lowest BCUT2D eigenvalue weighted by Gasteiger charge is -2.22. The van der Waals surface area contributed by atoms with E-state index in [0.717, 1.165) is 11.8 Å². The van der Waals surface area contributed by atoms with E-state index in [4.69, 9.17) is 27.9 Å². The Morgan fingerprint density at radius 1 is 1.14 bits per heavy atom. The van der Waals surface area contributed by atoms with E-state index in [9.17, 15) is 13.2 Å². The van der Waals surface area contributed by atoms with E-state index < -0.39 is 10.0 Å². The Labute approximate surface area is 175 Å². The summed E-state index contributed by atoms with van der Waals surface area (Å²) in [7, 11) is -1.95. The zero-order valence-electron chi connectivity index (χ0n) is 15.6. The fraction of sp³-hybridized carbons (Fsp3) is 0.316. The summed E-state index contributed by atoms with van der Waals surface area (Å²) in [5, 5.41) is 3.48. The van der Waals surface area contributed by atoms with Crippen LogP contribution in [0.5, 0.6) is 0 Å². The molecule has 0 fully saturated rings. The van der Waals surface area contributed by atoms with Crippen molar-refractivity contribution in [3.8, 4) is 0 Å². The molecular weight excluding hydrogens is 423 g/mol. The van der Waals surface area contributed by atoms with E-state index >= 15 is 0 Å². The van der Waals surface area contributed by atoms with Gasteiger partial charge in [-0.3, -0.25) is 9.10 Å². The highest BCUT2D eigenvalue weighted by atomic mass is 35.5. The molecule has 1 N–H and O–H groups in total. The van der Waals surface area contributed by atoms with Gasteiger partial charge in [0.25, 0.3) is 0 Å². The molecule has 0 radical (unpaired) electrons. The van der Waals surface area contributed by atoms with Gasteiger partial charge >= 0.3 is 0 Å². The van der Waals surface area contributed by atoms with Crippen molar-refractivity contribution in [2.75, 3.05) is 29.5 Å². The van der Waals surface area contributed by atoms with E-state index in [2.05, 4.69) is 5.32 Å². The number of carbonyl (C=O) groups excluding carboxylic acids is 1. The van der Waals surface area contributed by atoms with Crippen LogP contribution >= 0.6 is 23.2 Å². The van der Waals surface area contributed by atoms with Crippen LogP contribution in [0.25, 0.3) is 0 Å². The number of halogens is 2. The standard InChI is InChI=1S/C19H22Cl2N2O4S/c1-27-13-14-5-3-6-17(9-14)22-19(24)7-4-8-23(28(2,25)26)18-11-15(20)10-16(21)12-18/h3,5-6,9-12H,4,7-8,13H2,1-2H3,(H,22,24). The monoisotopic (exact) mass is 444 g/mol. The molecule has 0 unspecified atom stereocenters. The van der Waals surface area contributed by atoms with Gasteiger partial charge in [0.05, 0.1) is 18.6 Å². The van der Waals surface area contributed by atoms with Crippen LogP contribution in [0.3, 0.4) is 0 Å². The molecule has 0 spiro atoms. The van der Waals surface area contributed by atoms with E-state index in [-0.39, 0.29) is 18.9 Å². The Hall–Kier alpha value is -1.80. The Morgan fingerprint density at radius 3 is 2.43 bits per heavy atom. The summed E-state index contributed by atoms with van der Waals surface area (Å²) >= 11 is 12.0. The smallest absolute Gasteiger partial charge is 0.232 e. The van der Waals surface area contributed by atoms with Gasteiger partial charge in [0.1, 0.15) is 0 Å². The number of benzene rings is 2. The fourth-order valence-corrected chi connectivity index (χ4v) is 4.15. The molecule has 0 bridgehead atoms. The number of sulfonamides is 1. The van der Waals surface area contributed by atoms with E-state index in [1.54, 1.807) is 13.2 Å². The predicted molar refractivity (Wildman–Crippen MR) is 114 cm³/mol. The average Bonchev–Trinajstić information content (AvgIpc) is 2.57. The van der Waals surface area contributed by atoms with Crippen LogP contribution in [0.4, 0.5) is 11.4 Å². The molecule has 9 heteroatoms. The maximum atomic E-state index is 12.2. The number of carbonyl (C=O) groups is 1. The van der Waals surface area contributed by atoms with Gasteiger partial charge < -0.3 is 10.1 Å². The van der Waals surface area contributed by atoms with Gasteiger partial charge in [-0.05, 0) is 42.3 Å². The van der Waals surface area contributed by atoms with Crippen LogP contribution in [-0.2, 0) is 26.2 Å². The third-order valence-corrected chi connectivity index (χ3v) is 5.45. The van der Waals surface area contributed by atoms with Gasteiger partial charge in [-0.15, -0.1) is 0 Å². The second kappa shape index (κ2) is 10.1. The summed E-state index contributed by atoms with van der Waals surface area (Å²) in [6, 6.07) is 11.9. The molecule has 0 saturated carbocycles. The van der Waals surface area contributed by atoms with Crippen molar-refractivity contribution in [2.45, 2.75) is 19.4 Å². The van der Waals surface area contributed by atoms with Crippen molar-refractivity contribution in [2.24, 2.45) is 0 Å². The molecule has 0 aliphatic rings. The lowest BCUT2D eigenvalue weighted by atomic mass is 10.2. The minimum absolute atomic E-state index is 0.132. The fourth-order valence-electron chi connectivity index (χ4n) is 2.68. The van der Waals surface area contributed by atoms with Crippen LogP contribution in [-0.4, -0.2) is 34.2 Å². The van der Waals surface area contributed by atoms with Crippen LogP contribution in [0.2, 0.25) is 10.0 Å². The van der Waals surface area contributed by atoms with Crippen LogP contribution in [0.15, 0.2) is 42.5 Å². The second-order valence-electron chi connectivity index (χ2n) is 6.25. The number of hydrogen-bond acceptors (Lipinski definition) is 4. The number of anilines is 2. The zero-order valence-corrected chi connectivity index (χ0v) is 17.9. The van der Waals surface area contributed by atoms with Gasteiger partial charge in [0.2, 0.25) is 15.9 Å². The predicted octanol–water partition coefficient (Wildman–Crippen LogP) is 4.32. The molecule has 0 aliphatic heterocycles. The zero-order chi connectivity index (χ0) is 20.7. The van der Waals surface area contributed by atoms with Gasteiger partial charge in [0.15, 0.2) is 0 Å². The molecule has 0 atom stereocenters. The third kappa shape index (κ3) is 6.98. The molecule has 0 heterocycles. The van der Waals surface area contributed by atoms with Crippen molar-refractivity contribution in [1.29, 1.82) is 0 Å². The highest BCUT2D eigenvalue weighted by molar-refractivity contribution is 7.92. The van der Waals surface area contributed by atoms with E-state index in [1.807, 2.05) is 18.2 Å². The first-order valence-corrected chi connectivity index (χ1v) is 11.1. The summed E-state index contributed by atoms with van der Waals surface area (Å²) in [5.41, 5.74) is 1.98. The first kappa shape index (κ1) is 22.5. The topological polar surface area (TPSA) is 75.7 Å². The summed E-state index contributed by atoms with van der Waals surface area (Å²) in [6.45, 7) is 0.585. The number of hydrogen-bond donors (Lipinski definition) is 1. The lowest BCUT2D eigenvalue weighted by Crippen LogP contribution is -2.31. The van der Waals surface area contributed by atoms with E-state index in [1.165, 1.54) is 22.5 Å². The summed E-state index contributed by atoms with van der Waals surface area (Å²) in [5.74, 6) is -0.202. The number of nitrogens with one attached hydrogen (secondary N) is 1. The van der Waals surface area contributed by atoms with Gasteiger partial charge in [-0.2, -0.15) is 0 Å². The molecule has 2 aromatic carbocycles. The van der Waals surface area contributed by atoms with Crippen molar-refractivity contribution >= 4 is 50.5 Å². The Kier molecular flexibility index (Phi) is 8.12. The molecule has 2 aromatic rings. The first-order chi connectivity index (χ1) is 13.2. The second-order valence-corrected chi connectivity index (χ2v) is 9.03. The lowest BCUT2D eigenvalue weighted by molar-refractivity contribution is -0.116. The molecular formula is C19H22Cl2N2O4S. The minimum Gasteiger partial charge on any atom is -0.380 e. The van der Waals surface area contributed by atoms with Crippen molar-refractivity contribution in [1.82, 2.24) is 0 Å². The molecule has 1 amide bonds.